The molecule has 0 atom stereocenters. The van der Waals surface area contributed by atoms with Crippen LogP contribution in [0.1, 0.15) is 18.3 Å². The maximum absolute atomic E-state index is 4.40. The summed E-state index contributed by atoms with van der Waals surface area (Å²) in [6.45, 7) is 3.95. The first kappa shape index (κ1) is 9.71. The van der Waals surface area contributed by atoms with Crippen LogP contribution in [0.4, 0.5) is 0 Å². The minimum atomic E-state index is 0.757. The van der Waals surface area contributed by atoms with E-state index in [-0.39, 0.29) is 0 Å². The topological polar surface area (TPSA) is 51.6 Å². The van der Waals surface area contributed by atoms with Crippen molar-refractivity contribution in [2.24, 2.45) is 0 Å². The molecule has 4 nitrogen and oxygen atoms in total. The molecular formula is C11H12N4. The van der Waals surface area contributed by atoms with E-state index in [2.05, 4.69) is 26.9 Å². The highest BCUT2D eigenvalue weighted by atomic mass is 14.9. The first-order valence-electron chi connectivity index (χ1n) is 4.90. The van der Waals surface area contributed by atoms with Gasteiger partial charge >= 0.3 is 0 Å². The van der Waals surface area contributed by atoms with Crippen LogP contribution in [0.2, 0.25) is 0 Å². The minimum absolute atomic E-state index is 0.757. The standard InChI is InChI=1S/C11H12N4/c1-3-9-6-14-8(2)15-11(9)10-7-12-4-5-13-10/h4-7H,3H2,1-2H3. The highest BCUT2D eigenvalue weighted by Gasteiger charge is 2.07. The zero-order valence-electron chi connectivity index (χ0n) is 8.81. The average molecular weight is 200 g/mol. The fourth-order valence-corrected chi connectivity index (χ4v) is 1.40. The Balaban J connectivity index is 2.56. The van der Waals surface area contributed by atoms with E-state index in [1.807, 2.05) is 13.1 Å². The molecule has 0 saturated carbocycles. The molecule has 15 heavy (non-hydrogen) atoms. The van der Waals surface area contributed by atoms with Crippen LogP contribution in [0, 0.1) is 6.92 Å². The van der Waals surface area contributed by atoms with Crippen molar-refractivity contribution in [3.63, 3.8) is 0 Å². The Labute approximate surface area is 88.5 Å². The van der Waals surface area contributed by atoms with Crippen molar-refractivity contribution in [1.82, 2.24) is 19.9 Å². The monoisotopic (exact) mass is 200 g/mol. The first-order chi connectivity index (χ1) is 7.31. The van der Waals surface area contributed by atoms with E-state index >= 15 is 0 Å². The van der Waals surface area contributed by atoms with E-state index in [0.29, 0.717) is 0 Å². The van der Waals surface area contributed by atoms with E-state index < -0.39 is 0 Å². The fraction of sp³-hybridized carbons (Fsp3) is 0.273. The van der Waals surface area contributed by atoms with E-state index in [0.717, 1.165) is 29.2 Å². The molecule has 0 radical (unpaired) electrons. The third-order valence-corrected chi connectivity index (χ3v) is 2.17. The molecule has 2 aromatic rings. The molecule has 2 heterocycles. The van der Waals surface area contributed by atoms with Crippen molar-refractivity contribution in [3.8, 4) is 11.4 Å². The molecule has 0 amide bonds. The van der Waals surface area contributed by atoms with Gasteiger partial charge in [-0.3, -0.25) is 9.97 Å². The summed E-state index contributed by atoms with van der Waals surface area (Å²) in [7, 11) is 0. The van der Waals surface area contributed by atoms with Crippen molar-refractivity contribution in [2.75, 3.05) is 0 Å². The SMILES string of the molecule is CCc1cnc(C)nc1-c1cnccn1. The maximum Gasteiger partial charge on any atom is 0.125 e. The van der Waals surface area contributed by atoms with Crippen LogP contribution in [0.5, 0.6) is 0 Å². The molecule has 0 N–H and O–H groups in total. The zero-order valence-corrected chi connectivity index (χ0v) is 8.81. The van der Waals surface area contributed by atoms with E-state index in [4.69, 9.17) is 0 Å². The molecule has 0 aliphatic carbocycles. The van der Waals surface area contributed by atoms with Gasteiger partial charge < -0.3 is 0 Å². The van der Waals surface area contributed by atoms with Crippen LogP contribution in [0.25, 0.3) is 11.4 Å². The smallest absolute Gasteiger partial charge is 0.125 e. The summed E-state index contributed by atoms with van der Waals surface area (Å²) in [5.41, 5.74) is 2.79. The van der Waals surface area contributed by atoms with Gasteiger partial charge in [0.1, 0.15) is 11.5 Å². The summed E-state index contributed by atoms with van der Waals surface area (Å²) in [5, 5.41) is 0. The van der Waals surface area contributed by atoms with Crippen LogP contribution < -0.4 is 0 Å². The quantitative estimate of drug-likeness (QED) is 0.741. The van der Waals surface area contributed by atoms with Crippen LogP contribution in [-0.2, 0) is 6.42 Å². The van der Waals surface area contributed by atoms with Gasteiger partial charge in [0.05, 0.1) is 11.9 Å². The molecule has 0 spiro atoms. The highest BCUT2D eigenvalue weighted by molar-refractivity contribution is 5.56. The molecule has 4 heteroatoms. The second kappa shape index (κ2) is 4.13. The summed E-state index contributed by atoms with van der Waals surface area (Å²) in [6.07, 6.45) is 7.80. The number of hydrogen-bond acceptors (Lipinski definition) is 4. The van der Waals surface area contributed by atoms with Crippen molar-refractivity contribution < 1.29 is 0 Å². The Morgan fingerprint density at radius 3 is 2.67 bits per heavy atom. The summed E-state index contributed by atoms with van der Waals surface area (Å²) < 4.78 is 0. The lowest BCUT2D eigenvalue weighted by Gasteiger charge is -2.05. The third-order valence-electron chi connectivity index (χ3n) is 2.17. The zero-order chi connectivity index (χ0) is 10.7. The summed E-state index contributed by atoms with van der Waals surface area (Å²) in [4.78, 5) is 16.9. The second-order valence-corrected chi connectivity index (χ2v) is 3.24. The van der Waals surface area contributed by atoms with Gasteiger partial charge in [0.25, 0.3) is 0 Å². The lowest BCUT2D eigenvalue weighted by Crippen LogP contribution is -1.98. The molecule has 0 bridgehead atoms. The Kier molecular flexibility index (Phi) is 2.67. The molecule has 2 rings (SSSR count). The van der Waals surface area contributed by atoms with Gasteiger partial charge in [-0.2, -0.15) is 0 Å². The molecule has 0 saturated heterocycles. The third kappa shape index (κ3) is 1.98. The number of aryl methyl sites for hydroxylation is 2. The molecule has 2 aromatic heterocycles. The average Bonchev–Trinajstić information content (AvgIpc) is 2.30. The Morgan fingerprint density at radius 2 is 2.00 bits per heavy atom. The molecule has 0 unspecified atom stereocenters. The number of rotatable bonds is 2. The van der Waals surface area contributed by atoms with Gasteiger partial charge in [-0.15, -0.1) is 0 Å². The van der Waals surface area contributed by atoms with Crippen LogP contribution in [-0.4, -0.2) is 19.9 Å². The fourth-order valence-electron chi connectivity index (χ4n) is 1.40. The minimum Gasteiger partial charge on any atom is -0.261 e. The van der Waals surface area contributed by atoms with Crippen molar-refractivity contribution in [3.05, 3.63) is 36.2 Å². The Hall–Kier alpha value is -1.84. The molecular weight excluding hydrogens is 188 g/mol. The summed E-state index contributed by atoms with van der Waals surface area (Å²) in [5.74, 6) is 0.757. The van der Waals surface area contributed by atoms with Crippen molar-refractivity contribution in [2.45, 2.75) is 20.3 Å². The van der Waals surface area contributed by atoms with Crippen LogP contribution in [0.15, 0.2) is 24.8 Å². The largest absolute Gasteiger partial charge is 0.261 e. The number of hydrogen-bond donors (Lipinski definition) is 0. The van der Waals surface area contributed by atoms with Gasteiger partial charge in [-0.1, -0.05) is 6.92 Å². The first-order valence-corrected chi connectivity index (χ1v) is 4.90. The predicted octanol–water partition coefficient (Wildman–Crippen LogP) is 1.80. The Morgan fingerprint density at radius 1 is 1.13 bits per heavy atom. The van der Waals surface area contributed by atoms with E-state index in [1.54, 1.807) is 18.6 Å². The van der Waals surface area contributed by atoms with Crippen molar-refractivity contribution >= 4 is 0 Å². The number of aromatic nitrogens is 4. The van der Waals surface area contributed by atoms with E-state index in [9.17, 15) is 0 Å². The molecule has 0 aliphatic rings. The molecule has 0 aliphatic heterocycles. The summed E-state index contributed by atoms with van der Waals surface area (Å²) in [6, 6.07) is 0. The van der Waals surface area contributed by atoms with Gasteiger partial charge in [-0.25, -0.2) is 9.97 Å². The maximum atomic E-state index is 4.40. The van der Waals surface area contributed by atoms with Gasteiger partial charge in [0.15, 0.2) is 0 Å². The molecule has 0 aromatic carbocycles. The van der Waals surface area contributed by atoms with Crippen molar-refractivity contribution in [1.29, 1.82) is 0 Å². The molecule has 0 fully saturated rings. The summed E-state index contributed by atoms with van der Waals surface area (Å²) >= 11 is 0. The normalized spacial score (nSPS) is 10.3. The number of nitrogens with zero attached hydrogens (tertiary/aromatic N) is 4. The van der Waals surface area contributed by atoms with Gasteiger partial charge in [-0.05, 0) is 18.9 Å². The van der Waals surface area contributed by atoms with Crippen LogP contribution >= 0.6 is 0 Å². The van der Waals surface area contributed by atoms with Gasteiger partial charge in [0, 0.05) is 18.6 Å². The predicted molar refractivity (Wildman–Crippen MR) is 57.2 cm³/mol. The van der Waals surface area contributed by atoms with Crippen LogP contribution in [0.3, 0.4) is 0 Å². The van der Waals surface area contributed by atoms with Gasteiger partial charge in [0.2, 0.25) is 0 Å². The molecule has 76 valence electrons. The highest BCUT2D eigenvalue weighted by Crippen LogP contribution is 2.17. The lowest BCUT2D eigenvalue weighted by atomic mass is 10.1. The Bertz CT molecular complexity index is 453. The lowest BCUT2D eigenvalue weighted by molar-refractivity contribution is 0.986. The van der Waals surface area contributed by atoms with E-state index in [1.165, 1.54) is 0 Å². The second-order valence-electron chi connectivity index (χ2n) is 3.24.